The number of benzene rings is 1. The number of sulfonamides is 1. The van der Waals surface area contributed by atoms with Crippen LogP contribution in [0.2, 0.25) is 5.02 Å². The average molecular weight is 358 g/mol. The second-order valence-electron chi connectivity index (χ2n) is 4.15. The van der Waals surface area contributed by atoms with Crippen molar-refractivity contribution in [2.24, 2.45) is 0 Å². The highest BCUT2D eigenvalue weighted by Gasteiger charge is 2.37. The molecule has 1 saturated carbocycles. The summed E-state index contributed by atoms with van der Waals surface area (Å²) in [6.45, 7) is 0. The molecule has 1 aliphatic carbocycles. The molecule has 0 heterocycles. The number of anilines is 1. The lowest BCUT2D eigenvalue weighted by atomic mass is 10.3. The SMILES string of the molecule is CN(C1CC1)S(=O)(=O)c1cc(Cl)c(Br)c(N)c1F. The minimum atomic E-state index is -3.90. The van der Waals surface area contributed by atoms with E-state index in [2.05, 4.69) is 15.9 Å². The molecule has 0 bridgehead atoms. The number of halogens is 3. The summed E-state index contributed by atoms with van der Waals surface area (Å²) in [5, 5.41) is 0.0664. The molecule has 1 aromatic carbocycles. The molecule has 0 aromatic heterocycles. The molecule has 0 atom stereocenters. The standard InChI is InChI=1S/C10H11BrClFN2O2S/c1-15(5-2-3-5)18(16,17)7-4-6(12)8(11)10(14)9(7)13/h4-5H,2-3,14H2,1H3. The van der Waals surface area contributed by atoms with E-state index in [1.165, 1.54) is 7.05 Å². The molecule has 2 N–H and O–H groups in total. The van der Waals surface area contributed by atoms with Gasteiger partial charge in [0.1, 0.15) is 4.90 Å². The molecule has 0 saturated heterocycles. The fraction of sp³-hybridized carbons (Fsp3) is 0.400. The molecule has 8 heteroatoms. The zero-order valence-electron chi connectivity index (χ0n) is 9.45. The van der Waals surface area contributed by atoms with Crippen LogP contribution in [0.15, 0.2) is 15.4 Å². The summed E-state index contributed by atoms with van der Waals surface area (Å²) in [6, 6.07) is 1.02. The van der Waals surface area contributed by atoms with Gasteiger partial charge < -0.3 is 5.73 Å². The summed E-state index contributed by atoms with van der Waals surface area (Å²) in [4.78, 5) is -0.484. The van der Waals surface area contributed by atoms with Gasteiger partial charge in [0.05, 0.1) is 15.2 Å². The van der Waals surface area contributed by atoms with Crippen molar-refractivity contribution >= 4 is 43.2 Å². The van der Waals surface area contributed by atoms with Crippen molar-refractivity contribution < 1.29 is 12.8 Å². The van der Waals surface area contributed by atoms with Gasteiger partial charge in [0.2, 0.25) is 10.0 Å². The van der Waals surface area contributed by atoms with Gasteiger partial charge in [0.15, 0.2) is 5.82 Å². The quantitative estimate of drug-likeness (QED) is 0.668. The second kappa shape index (κ2) is 4.63. The third kappa shape index (κ3) is 2.24. The van der Waals surface area contributed by atoms with Crippen LogP contribution < -0.4 is 5.73 Å². The Balaban J connectivity index is 2.57. The van der Waals surface area contributed by atoms with Crippen LogP contribution in [0.1, 0.15) is 12.8 Å². The third-order valence-corrected chi connectivity index (χ3v) is 6.16. The van der Waals surface area contributed by atoms with Gasteiger partial charge in [-0.15, -0.1) is 0 Å². The van der Waals surface area contributed by atoms with Crippen molar-refractivity contribution in [1.82, 2.24) is 4.31 Å². The predicted octanol–water partition coefficient (Wildman–Crippen LogP) is 2.61. The fourth-order valence-electron chi connectivity index (χ4n) is 1.58. The van der Waals surface area contributed by atoms with Gasteiger partial charge in [0, 0.05) is 13.1 Å². The fourth-order valence-corrected chi connectivity index (χ4v) is 3.66. The first-order valence-electron chi connectivity index (χ1n) is 5.17. The van der Waals surface area contributed by atoms with Gasteiger partial charge in [-0.05, 0) is 34.8 Å². The molecular formula is C10H11BrClFN2O2S. The van der Waals surface area contributed by atoms with Crippen LogP contribution >= 0.6 is 27.5 Å². The third-order valence-electron chi connectivity index (χ3n) is 2.87. The van der Waals surface area contributed by atoms with Crippen LogP contribution in [0.5, 0.6) is 0 Å². The Bertz CT molecular complexity index is 604. The molecule has 2 rings (SSSR count). The highest BCUT2D eigenvalue weighted by molar-refractivity contribution is 9.10. The maximum Gasteiger partial charge on any atom is 0.246 e. The maximum absolute atomic E-state index is 14.0. The Hall–Kier alpha value is -0.370. The van der Waals surface area contributed by atoms with Gasteiger partial charge >= 0.3 is 0 Å². The molecule has 4 nitrogen and oxygen atoms in total. The molecule has 1 aliphatic rings. The van der Waals surface area contributed by atoms with Crippen molar-refractivity contribution in [2.75, 3.05) is 12.8 Å². The molecule has 1 aromatic rings. The molecule has 0 spiro atoms. The van der Waals surface area contributed by atoms with Gasteiger partial charge in [-0.2, -0.15) is 4.31 Å². The average Bonchev–Trinajstić information content (AvgIpc) is 3.13. The Morgan fingerprint density at radius 3 is 2.61 bits per heavy atom. The highest BCUT2D eigenvalue weighted by atomic mass is 79.9. The molecule has 100 valence electrons. The highest BCUT2D eigenvalue weighted by Crippen LogP contribution is 2.37. The summed E-state index contributed by atoms with van der Waals surface area (Å²) < 4.78 is 39.7. The monoisotopic (exact) mass is 356 g/mol. The topological polar surface area (TPSA) is 63.4 Å². The van der Waals surface area contributed by atoms with E-state index < -0.39 is 20.7 Å². The summed E-state index contributed by atoms with van der Waals surface area (Å²) >= 11 is 8.82. The largest absolute Gasteiger partial charge is 0.395 e. The number of hydrogen-bond acceptors (Lipinski definition) is 3. The first-order chi connectivity index (χ1) is 8.26. The van der Waals surface area contributed by atoms with Gasteiger partial charge in [-0.1, -0.05) is 11.6 Å². The van der Waals surface area contributed by atoms with E-state index in [0.717, 1.165) is 23.2 Å². The normalized spacial score (nSPS) is 16.3. The molecule has 1 fully saturated rings. The first kappa shape index (κ1) is 14.0. The Kier molecular flexibility index (Phi) is 3.61. The molecule has 0 amide bonds. The van der Waals surface area contributed by atoms with Crippen LogP contribution in [0, 0.1) is 5.82 Å². The molecule has 0 radical (unpaired) electrons. The van der Waals surface area contributed by atoms with Crippen molar-refractivity contribution in [3.05, 3.63) is 21.4 Å². The lowest BCUT2D eigenvalue weighted by Crippen LogP contribution is -2.29. The zero-order chi connectivity index (χ0) is 13.7. The Morgan fingerprint density at radius 1 is 1.56 bits per heavy atom. The van der Waals surface area contributed by atoms with Crippen LogP contribution in [-0.4, -0.2) is 25.8 Å². The summed E-state index contributed by atoms with van der Waals surface area (Å²) in [6.07, 6.45) is 1.58. The smallest absolute Gasteiger partial charge is 0.246 e. The number of nitrogens with two attached hydrogens (primary N) is 1. The predicted molar refractivity (Wildman–Crippen MR) is 71.5 cm³/mol. The summed E-state index contributed by atoms with van der Waals surface area (Å²) in [5.74, 6) is -0.973. The Labute approximate surface area is 118 Å². The molecule has 0 aliphatic heterocycles. The van der Waals surface area contributed by atoms with E-state index >= 15 is 0 Å². The lowest BCUT2D eigenvalue weighted by molar-refractivity contribution is 0.458. The summed E-state index contributed by atoms with van der Waals surface area (Å²) in [7, 11) is -2.47. The van der Waals surface area contributed by atoms with Crippen molar-refractivity contribution in [2.45, 2.75) is 23.8 Å². The van der Waals surface area contributed by atoms with Crippen molar-refractivity contribution in [1.29, 1.82) is 0 Å². The first-order valence-corrected chi connectivity index (χ1v) is 7.79. The van der Waals surface area contributed by atoms with E-state index in [4.69, 9.17) is 17.3 Å². The van der Waals surface area contributed by atoms with Crippen LogP contribution in [0.25, 0.3) is 0 Å². The molecular weight excluding hydrogens is 347 g/mol. The second-order valence-corrected chi connectivity index (χ2v) is 7.32. The molecule has 18 heavy (non-hydrogen) atoms. The summed E-state index contributed by atoms with van der Waals surface area (Å²) in [5.41, 5.74) is 5.18. The van der Waals surface area contributed by atoms with E-state index in [0.29, 0.717) is 0 Å². The van der Waals surface area contributed by atoms with Crippen LogP contribution in [0.3, 0.4) is 0 Å². The number of hydrogen-bond donors (Lipinski definition) is 1. The number of rotatable bonds is 3. The minimum Gasteiger partial charge on any atom is -0.395 e. The van der Waals surface area contributed by atoms with Gasteiger partial charge in [-0.3, -0.25) is 0 Å². The van der Waals surface area contributed by atoms with Gasteiger partial charge in [-0.25, -0.2) is 12.8 Å². The van der Waals surface area contributed by atoms with Crippen molar-refractivity contribution in [3.63, 3.8) is 0 Å². The van der Waals surface area contributed by atoms with E-state index in [1.807, 2.05) is 0 Å². The van der Waals surface area contributed by atoms with E-state index in [9.17, 15) is 12.8 Å². The lowest BCUT2D eigenvalue weighted by Gasteiger charge is -2.18. The van der Waals surface area contributed by atoms with Crippen LogP contribution in [0.4, 0.5) is 10.1 Å². The molecule has 0 unspecified atom stereocenters. The Morgan fingerprint density at radius 2 is 2.11 bits per heavy atom. The van der Waals surface area contributed by atoms with E-state index in [-0.39, 0.29) is 21.2 Å². The number of nitrogens with zero attached hydrogens (tertiary/aromatic N) is 1. The zero-order valence-corrected chi connectivity index (χ0v) is 12.6. The van der Waals surface area contributed by atoms with Crippen LogP contribution in [-0.2, 0) is 10.0 Å². The van der Waals surface area contributed by atoms with Crippen molar-refractivity contribution in [3.8, 4) is 0 Å². The van der Waals surface area contributed by atoms with Gasteiger partial charge in [0.25, 0.3) is 0 Å². The maximum atomic E-state index is 14.0. The number of nitrogen functional groups attached to an aromatic ring is 1. The van der Waals surface area contributed by atoms with E-state index in [1.54, 1.807) is 0 Å². The minimum absolute atomic E-state index is 0.0574.